The largest absolute Gasteiger partial charge is 0.303 e. The summed E-state index contributed by atoms with van der Waals surface area (Å²) >= 11 is 9.60. The number of halogens is 2. The molecule has 0 bridgehead atoms. The SMILES string of the molecule is Clc1cccc(Br)c1C1C=CCN1. The minimum absolute atomic E-state index is 0.253. The highest BCUT2D eigenvalue weighted by Crippen LogP contribution is 2.32. The molecule has 1 aliphatic heterocycles. The smallest absolute Gasteiger partial charge is 0.0535 e. The van der Waals surface area contributed by atoms with Gasteiger partial charge in [-0.05, 0) is 12.1 Å². The van der Waals surface area contributed by atoms with Gasteiger partial charge >= 0.3 is 0 Å². The maximum absolute atomic E-state index is 6.11. The second kappa shape index (κ2) is 3.82. The molecule has 1 heterocycles. The van der Waals surface area contributed by atoms with Crippen LogP contribution in [0.25, 0.3) is 0 Å². The second-order valence-electron chi connectivity index (χ2n) is 2.95. The Kier molecular flexibility index (Phi) is 2.72. The molecule has 2 rings (SSSR count). The highest BCUT2D eigenvalue weighted by molar-refractivity contribution is 9.10. The number of hydrogen-bond acceptors (Lipinski definition) is 1. The number of rotatable bonds is 1. The van der Waals surface area contributed by atoms with Gasteiger partial charge in [0.1, 0.15) is 0 Å². The number of hydrogen-bond donors (Lipinski definition) is 1. The molecule has 1 aromatic carbocycles. The number of nitrogens with one attached hydrogen (secondary N) is 1. The van der Waals surface area contributed by atoms with Crippen molar-refractivity contribution in [2.45, 2.75) is 6.04 Å². The van der Waals surface area contributed by atoms with Crippen LogP contribution in [0.4, 0.5) is 0 Å². The van der Waals surface area contributed by atoms with Gasteiger partial charge in [-0.15, -0.1) is 0 Å². The Morgan fingerprint density at radius 1 is 1.46 bits per heavy atom. The first-order valence-electron chi connectivity index (χ1n) is 4.13. The molecule has 3 heteroatoms. The fourth-order valence-electron chi connectivity index (χ4n) is 1.47. The number of benzene rings is 1. The lowest BCUT2D eigenvalue weighted by atomic mass is 10.1. The van der Waals surface area contributed by atoms with E-state index in [0.29, 0.717) is 0 Å². The Morgan fingerprint density at radius 3 is 2.92 bits per heavy atom. The van der Waals surface area contributed by atoms with Crippen molar-refractivity contribution in [3.63, 3.8) is 0 Å². The van der Waals surface area contributed by atoms with Crippen LogP contribution in [-0.2, 0) is 0 Å². The van der Waals surface area contributed by atoms with Crippen molar-refractivity contribution in [1.29, 1.82) is 0 Å². The summed E-state index contributed by atoms with van der Waals surface area (Å²) in [5.41, 5.74) is 1.12. The predicted octanol–water partition coefficient (Wildman–Crippen LogP) is 3.30. The van der Waals surface area contributed by atoms with Crippen molar-refractivity contribution in [2.24, 2.45) is 0 Å². The van der Waals surface area contributed by atoms with Crippen LogP contribution in [0.2, 0.25) is 5.02 Å². The maximum atomic E-state index is 6.11. The van der Waals surface area contributed by atoms with E-state index in [2.05, 4.69) is 33.4 Å². The van der Waals surface area contributed by atoms with Crippen LogP contribution in [0, 0.1) is 0 Å². The van der Waals surface area contributed by atoms with Gasteiger partial charge in [-0.1, -0.05) is 45.7 Å². The molecule has 0 spiro atoms. The minimum Gasteiger partial charge on any atom is -0.303 e. The highest BCUT2D eigenvalue weighted by Gasteiger charge is 2.16. The van der Waals surface area contributed by atoms with E-state index in [9.17, 15) is 0 Å². The average Bonchev–Trinajstić information content (AvgIpc) is 2.57. The van der Waals surface area contributed by atoms with Gasteiger partial charge < -0.3 is 5.32 Å². The fourth-order valence-corrected chi connectivity index (χ4v) is 2.49. The molecule has 0 radical (unpaired) electrons. The van der Waals surface area contributed by atoms with Gasteiger partial charge in [0.2, 0.25) is 0 Å². The summed E-state index contributed by atoms with van der Waals surface area (Å²) in [6, 6.07) is 6.11. The molecule has 1 aromatic rings. The van der Waals surface area contributed by atoms with E-state index in [1.807, 2.05) is 18.2 Å². The van der Waals surface area contributed by atoms with Crippen LogP contribution in [-0.4, -0.2) is 6.54 Å². The van der Waals surface area contributed by atoms with E-state index in [1.165, 1.54) is 0 Å². The third-order valence-electron chi connectivity index (χ3n) is 2.09. The summed E-state index contributed by atoms with van der Waals surface area (Å²) in [7, 11) is 0. The van der Waals surface area contributed by atoms with Crippen molar-refractivity contribution >= 4 is 27.5 Å². The zero-order valence-corrected chi connectivity index (χ0v) is 9.27. The first-order chi connectivity index (χ1) is 6.29. The van der Waals surface area contributed by atoms with Crippen molar-refractivity contribution in [1.82, 2.24) is 5.32 Å². The zero-order valence-electron chi connectivity index (χ0n) is 6.93. The molecular weight excluding hydrogens is 249 g/mol. The van der Waals surface area contributed by atoms with Crippen molar-refractivity contribution in [3.05, 3.63) is 45.4 Å². The van der Waals surface area contributed by atoms with E-state index in [-0.39, 0.29) is 6.04 Å². The van der Waals surface area contributed by atoms with Crippen molar-refractivity contribution in [2.75, 3.05) is 6.54 Å². The van der Waals surface area contributed by atoms with Gasteiger partial charge in [-0.25, -0.2) is 0 Å². The first-order valence-corrected chi connectivity index (χ1v) is 5.30. The monoisotopic (exact) mass is 257 g/mol. The zero-order chi connectivity index (χ0) is 9.26. The summed E-state index contributed by atoms with van der Waals surface area (Å²) in [6.07, 6.45) is 4.24. The Balaban J connectivity index is 2.43. The van der Waals surface area contributed by atoms with E-state index >= 15 is 0 Å². The Labute approximate surface area is 90.9 Å². The second-order valence-corrected chi connectivity index (χ2v) is 4.21. The Hall–Kier alpha value is -0.310. The molecule has 0 aliphatic carbocycles. The summed E-state index contributed by atoms with van der Waals surface area (Å²) in [4.78, 5) is 0. The Morgan fingerprint density at radius 2 is 2.31 bits per heavy atom. The molecule has 1 N–H and O–H groups in total. The van der Waals surface area contributed by atoms with Crippen LogP contribution >= 0.6 is 27.5 Å². The maximum Gasteiger partial charge on any atom is 0.0535 e. The van der Waals surface area contributed by atoms with Crippen LogP contribution in [0.15, 0.2) is 34.8 Å². The molecule has 13 heavy (non-hydrogen) atoms. The molecule has 0 aromatic heterocycles. The molecule has 1 atom stereocenters. The van der Waals surface area contributed by atoms with E-state index < -0.39 is 0 Å². The third-order valence-corrected chi connectivity index (χ3v) is 3.12. The summed E-state index contributed by atoms with van der Waals surface area (Å²) in [6.45, 7) is 0.919. The van der Waals surface area contributed by atoms with E-state index in [4.69, 9.17) is 11.6 Å². The highest BCUT2D eigenvalue weighted by atomic mass is 79.9. The summed E-state index contributed by atoms with van der Waals surface area (Å²) in [5, 5.41) is 4.13. The minimum atomic E-state index is 0.253. The van der Waals surface area contributed by atoms with E-state index in [1.54, 1.807) is 0 Å². The van der Waals surface area contributed by atoms with Crippen LogP contribution in [0.1, 0.15) is 11.6 Å². The summed E-state index contributed by atoms with van der Waals surface area (Å²) < 4.78 is 1.06. The molecule has 0 saturated carbocycles. The normalized spacial score (nSPS) is 20.9. The van der Waals surface area contributed by atoms with Crippen molar-refractivity contribution in [3.8, 4) is 0 Å². The fraction of sp³-hybridized carbons (Fsp3) is 0.200. The van der Waals surface area contributed by atoms with Gasteiger partial charge in [0, 0.05) is 21.6 Å². The molecule has 1 unspecified atom stereocenters. The van der Waals surface area contributed by atoms with E-state index in [0.717, 1.165) is 21.6 Å². The van der Waals surface area contributed by atoms with Crippen LogP contribution in [0.5, 0.6) is 0 Å². The lowest BCUT2D eigenvalue weighted by molar-refractivity contribution is 0.710. The summed E-state index contributed by atoms with van der Waals surface area (Å²) in [5.74, 6) is 0. The van der Waals surface area contributed by atoms with Crippen LogP contribution in [0.3, 0.4) is 0 Å². The molecule has 0 amide bonds. The molecule has 1 aliphatic rings. The van der Waals surface area contributed by atoms with Crippen LogP contribution < -0.4 is 5.32 Å². The van der Waals surface area contributed by atoms with Gasteiger partial charge in [0.25, 0.3) is 0 Å². The van der Waals surface area contributed by atoms with Gasteiger partial charge in [0.05, 0.1) is 6.04 Å². The topological polar surface area (TPSA) is 12.0 Å². The Bertz CT molecular complexity index is 329. The molecule has 0 fully saturated rings. The third kappa shape index (κ3) is 1.80. The molecule has 68 valence electrons. The van der Waals surface area contributed by atoms with Gasteiger partial charge in [-0.2, -0.15) is 0 Å². The lowest BCUT2D eigenvalue weighted by Crippen LogP contribution is -2.14. The predicted molar refractivity (Wildman–Crippen MR) is 59.0 cm³/mol. The van der Waals surface area contributed by atoms with Gasteiger partial charge in [0.15, 0.2) is 0 Å². The quantitative estimate of drug-likeness (QED) is 0.762. The molecule has 1 nitrogen and oxygen atoms in total. The first kappa shape index (κ1) is 9.25. The van der Waals surface area contributed by atoms with Gasteiger partial charge in [-0.3, -0.25) is 0 Å². The lowest BCUT2D eigenvalue weighted by Gasteiger charge is -2.13. The standard InChI is InChI=1S/C10H9BrClN/c11-7-3-1-4-8(12)10(7)9-5-2-6-13-9/h1-5,9,13H,6H2. The van der Waals surface area contributed by atoms with Crippen molar-refractivity contribution < 1.29 is 0 Å². The average molecular weight is 259 g/mol. The molecular formula is C10H9BrClN. The molecule has 0 saturated heterocycles.